The van der Waals surface area contributed by atoms with Crippen LogP contribution in [-0.2, 0) is 4.79 Å². The molecule has 1 saturated heterocycles. The van der Waals surface area contributed by atoms with E-state index in [0.29, 0.717) is 36.2 Å². The first kappa shape index (κ1) is 13.8. The molecular formula is C12H14BrN3O3. The smallest absolute Gasteiger partial charge is 0.339 e. The minimum absolute atomic E-state index is 0.125. The Hall–Kier alpha value is -1.63. The summed E-state index contributed by atoms with van der Waals surface area (Å²) in [5, 5.41) is 9.20. The van der Waals surface area contributed by atoms with Gasteiger partial charge in [0, 0.05) is 29.7 Å². The van der Waals surface area contributed by atoms with Crippen LogP contribution in [0.5, 0.6) is 0 Å². The van der Waals surface area contributed by atoms with E-state index in [2.05, 4.69) is 20.9 Å². The maximum absolute atomic E-state index is 11.2. The number of halogens is 1. The number of aromatic carboxylic acids is 1. The molecule has 102 valence electrons. The minimum Gasteiger partial charge on any atom is -0.478 e. The molecule has 1 aliphatic rings. The van der Waals surface area contributed by atoms with Crippen molar-refractivity contribution >= 4 is 33.6 Å². The monoisotopic (exact) mass is 327 g/mol. The molecule has 0 aliphatic carbocycles. The van der Waals surface area contributed by atoms with Crippen molar-refractivity contribution in [1.29, 1.82) is 0 Å². The van der Waals surface area contributed by atoms with Crippen molar-refractivity contribution < 1.29 is 14.7 Å². The highest BCUT2D eigenvalue weighted by atomic mass is 79.9. The second kappa shape index (κ2) is 5.56. The predicted octanol–water partition coefficient (Wildman–Crippen LogP) is 1.24. The molecule has 1 amide bonds. The van der Waals surface area contributed by atoms with Crippen LogP contribution in [-0.4, -0.2) is 35.1 Å². The molecule has 19 heavy (non-hydrogen) atoms. The number of amides is 1. The zero-order chi connectivity index (χ0) is 14.0. The molecule has 2 heterocycles. The van der Waals surface area contributed by atoms with Crippen molar-refractivity contribution in [2.24, 2.45) is 11.7 Å². The third-order valence-corrected chi connectivity index (χ3v) is 3.69. The summed E-state index contributed by atoms with van der Waals surface area (Å²) in [7, 11) is 0. The number of primary amides is 1. The lowest BCUT2D eigenvalue weighted by Gasteiger charge is -2.32. The van der Waals surface area contributed by atoms with E-state index in [9.17, 15) is 14.7 Å². The number of rotatable bonds is 3. The molecule has 2 rings (SSSR count). The van der Waals surface area contributed by atoms with E-state index in [1.54, 1.807) is 6.20 Å². The van der Waals surface area contributed by atoms with Gasteiger partial charge in [-0.05, 0) is 34.8 Å². The van der Waals surface area contributed by atoms with Crippen LogP contribution in [0.3, 0.4) is 0 Å². The molecule has 0 radical (unpaired) electrons. The Kier molecular flexibility index (Phi) is 4.04. The summed E-state index contributed by atoms with van der Waals surface area (Å²) in [4.78, 5) is 28.4. The van der Waals surface area contributed by atoms with Gasteiger partial charge in [0.25, 0.3) is 0 Å². The molecule has 1 aromatic rings. The fourth-order valence-electron chi connectivity index (χ4n) is 2.22. The highest BCUT2D eigenvalue weighted by Crippen LogP contribution is 2.26. The Balaban J connectivity index is 2.20. The number of aromatic nitrogens is 1. The van der Waals surface area contributed by atoms with Crippen molar-refractivity contribution in [3.05, 3.63) is 22.3 Å². The van der Waals surface area contributed by atoms with Crippen LogP contribution >= 0.6 is 15.9 Å². The molecule has 0 unspecified atom stereocenters. The first-order valence-corrected chi connectivity index (χ1v) is 6.71. The quantitative estimate of drug-likeness (QED) is 0.870. The Bertz CT molecular complexity index is 513. The van der Waals surface area contributed by atoms with Gasteiger partial charge in [0.15, 0.2) is 0 Å². The Morgan fingerprint density at radius 3 is 2.58 bits per heavy atom. The van der Waals surface area contributed by atoms with Crippen molar-refractivity contribution in [1.82, 2.24) is 4.98 Å². The van der Waals surface area contributed by atoms with Gasteiger partial charge in [-0.25, -0.2) is 9.78 Å². The maximum Gasteiger partial charge on any atom is 0.339 e. The van der Waals surface area contributed by atoms with Gasteiger partial charge in [-0.3, -0.25) is 4.79 Å². The molecule has 1 aliphatic heterocycles. The van der Waals surface area contributed by atoms with E-state index in [-0.39, 0.29) is 17.4 Å². The minimum atomic E-state index is -1.01. The van der Waals surface area contributed by atoms with Crippen molar-refractivity contribution in [3.8, 4) is 0 Å². The van der Waals surface area contributed by atoms with E-state index in [4.69, 9.17) is 5.73 Å². The Morgan fingerprint density at radius 1 is 1.42 bits per heavy atom. The number of carboxylic acid groups (broad SMARTS) is 1. The lowest BCUT2D eigenvalue weighted by Crippen LogP contribution is -2.39. The number of piperidine rings is 1. The number of pyridine rings is 1. The van der Waals surface area contributed by atoms with E-state index in [1.807, 2.05) is 4.90 Å². The molecular weight excluding hydrogens is 314 g/mol. The van der Waals surface area contributed by atoms with Gasteiger partial charge in [-0.2, -0.15) is 0 Å². The number of hydrogen-bond acceptors (Lipinski definition) is 4. The standard InChI is InChI=1S/C12H14BrN3O3/c13-8-5-9(12(18)19)11(15-6-8)16-3-1-7(2-4-16)10(14)17/h5-7H,1-4H2,(H2,14,17)(H,18,19). The lowest BCUT2D eigenvalue weighted by molar-refractivity contribution is -0.122. The first-order chi connectivity index (χ1) is 8.99. The van der Waals surface area contributed by atoms with Crippen molar-refractivity contribution in [2.45, 2.75) is 12.8 Å². The molecule has 7 heteroatoms. The average molecular weight is 328 g/mol. The molecule has 6 nitrogen and oxygen atoms in total. The third kappa shape index (κ3) is 3.04. The summed E-state index contributed by atoms with van der Waals surface area (Å²) < 4.78 is 0.626. The Morgan fingerprint density at radius 2 is 2.05 bits per heavy atom. The largest absolute Gasteiger partial charge is 0.478 e. The number of carbonyl (C=O) groups excluding carboxylic acids is 1. The number of nitrogens with zero attached hydrogens (tertiary/aromatic N) is 2. The van der Waals surface area contributed by atoms with Gasteiger partial charge in [0.1, 0.15) is 11.4 Å². The van der Waals surface area contributed by atoms with Gasteiger partial charge in [-0.1, -0.05) is 0 Å². The van der Waals surface area contributed by atoms with E-state index in [0.717, 1.165) is 0 Å². The van der Waals surface area contributed by atoms with Crippen LogP contribution in [0.4, 0.5) is 5.82 Å². The number of hydrogen-bond donors (Lipinski definition) is 2. The van der Waals surface area contributed by atoms with Crippen molar-refractivity contribution in [2.75, 3.05) is 18.0 Å². The fraction of sp³-hybridized carbons (Fsp3) is 0.417. The topological polar surface area (TPSA) is 96.5 Å². The summed E-state index contributed by atoms with van der Waals surface area (Å²) in [5.41, 5.74) is 5.44. The summed E-state index contributed by atoms with van der Waals surface area (Å²) >= 11 is 3.21. The molecule has 1 aromatic heterocycles. The fourth-order valence-corrected chi connectivity index (χ4v) is 2.55. The van der Waals surface area contributed by atoms with Gasteiger partial charge >= 0.3 is 5.97 Å². The molecule has 1 fully saturated rings. The maximum atomic E-state index is 11.2. The van der Waals surface area contributed by atoms with E-state index < -0.39 is 5.97 Å². The summed E-state index contributed by atoms with van der Waals surface area (Å²) in [5.74, 6) is -0.985. The van der Waals surface area contributed by atoms with Gasteiger partial charge in [0.05, 0.1) is 0 Å². The van der Waals surface area contributed by atoms with Crippen LogP contribution in [0.1, 0.15) is 23.2 Å². The zero-order valence-corrected chi connectivity index (χ0v) is 11.8. The number of anilines is 1. The SMILES string of the molecule is NC(=O)C1CCN(c2ncc(Br)cc2C(=O)O)CC1. The lowest BCUT2D eigenvalue weighted by atomic mass is 9.96. The van der Waals surface area contributed by atoms with Gasteiger partial charge in [-0.15, -0.1) is 0 Å². The Labute approximate surface area is 118 Å². The number of carbonyl (C=O) groups is 2. The summed E-state index contributed by atoms with van der Waals surface area (Å²) in [6.07, 6.45) is 2.83. The van der Waals surface area contributed by atoms with Gasteiger partial charge < -0.3 is 15.7 Å². The second-order valence-corrected chi connectivity index (χ2v) is 5.41. The normalized spacial score (nSPS) is 16.4. The highest BCUT2D eigenvalue weighted by molar-refractivity contribution is 9.10. The van der Waals surface area contributed by atoms with Crippen LogP contribution in [0.15, 0.2) is 16.7 Å². The second-order valence-electron chi connectivity index (χ2n) is 4.49. The molecule has 3 N–H and O–H groups in total. The molecule has 0 atom stereocenters. The number of carboxylic acids is 1. The van der Waals surface area contributed by atoms with Crippen LogP contribution in [0.2, 0.25) is 0 Å². The van der Waals surface area contributed by atoms with E-state index >= 15 is 0 Å². The van der Waals surface area contributed by atoms with Crippen molar-refractivity contribution in [3.63, 3.8) is 0 Å². The number of nitrogens with two attached hydrogens (primary N) is 1. The van der Waals surface area contributed by atoms with Crippen LogP contribution in [0, 0.1) is 5.92 Å². The molecule has 0 bridgehead atoms. The first-order valence-electron chi connectivity index (χ1n) is 5.92. The van der Waals surface area contributed by atoms with Crippen LogP contribution in [0.25, 0.3) is 0 Å². The average Bonchev–Trinajstić information content (AvgIpc) is 2.38. The molecule has 0 spiro atoms. The summed E-state index contributed by atoms with van der Waals surface area (Å²) in [6.45, 7) is 1.17. The summed E-state index contributed by atoms with van der Waals surface area (Å²) in [6, 6.07) is 1.53. The zero-order valence-electron chi connectivity index (χ0n) is 10.2. The van der Waals surface area contributed by atoms with Gasteiger partial charge in [0.2, 0.25) is 5.91 Å². The predicted molar refractivity (Wildman–Crippen MR) is 73.0 cm³/mol. The molecule has 0 saturated carbocycles. The third-order valence-electron chi connectivity index (χ3n) is 3.26. The van der Waals surface area contributed by atoms with Crippen LogP contribution < -0.4 is 10.6 Å². The van der Waals surface area contributed by atoms with E-state index in [1.165, 1.54) is 6.07 Å². The highest BCUT2D eigenvalue weighted by Gasteiger charge is 2.26. The molecule has 0 aromatic carbocycles.